The molecular formula is C18H33N9O7S. The molecule has 0 saturated carbocycles. The first kappa shape index (κ1) is 31.4. The van der Waals surface area contributed by atoms with Gasteiger partial charge < -0.3 is 49.7 Å². The van der Waals surface area contributed by atoms with Crippen LogP contribution in [0.15, 0.2) is 4.99 Å². The second-order valence-corrected chi connectivity index (χ2v) is 7.80. The van der Waals surface area contributed by atoms with Gasteiger partial charge in [0.15, 0.2) is 5.96 Å². The van der Waals surface area contributed by atoms with Gasteiger partial charge in [-0.25, -0.2) is 4.79 Å². The van der Waals surface area contributed by atoms with E-state index in [1.165, 1.54) is 0 Å². The molecule has 0 radical (unpaired) electrons. The maximum Gasteiger partial charge on any atom is 0.327 e. The van der Waals surface area contributed by atoms with Gasteiger partial charge in [0, 0.05) is 18.7 Å². The zero-order valence-corrected chi connectivity index (χ0v) is 19.8. The Hall–Kier alpha value is -3.60. The summed E-state index contributed by atoms with van der Waals surface area (Å²) in [5, 5.41) is 15.8. The summed E-state index contributed by atoms with van der Waals surface area (Å²) < 4.78 is 0. The van der Waals surface area contributed by atoms with Crippen molar-refractivity contribution in [3.63, 3.8) is 0 Å². The van der Waals surface area contributed by atoms with Crippen LogP contribution >= 0.6 is 12.6 Å². The average Bonchev–Trinajstić information content (AvgIpc) is 2.75. The lowest BCUT2D eigenvalue weighted by molar-refractivity contribution is -0.141. The van der Waals surface area contributed by atoms with Crippen molar-refractivity contribution in [3.05, 3.63) is 0 Å². The SMILES string of the molecule is NC(=O)CCC(NC(=O)C(N)CCCN=C(N)N)C(=O)NC(CC(N)=O)C(=O)NC(CS)C(=O)O. The van der Waals surface area contributed by atoms with E-state index in [1.54, 1.807) is 0 Å². The molecule has 0 aliphatic rings. The fourth-order valence-corrected chi connectivity index (χ4v) is 2.87. The Morgan fingerprint density at radius 1 is 0.800 bits per heavy atom. The number of carboxylic acid groups (broad SMARTS) is 1. The molecule has 0 aromatic heterocycles. The lowest BCUT2D eigenvalue weighted by Crippen LogP contribution is -2.58. The van der Waals surface area contributed by atoms with E-state index < -0.39 is 66.1 Å². The number of rotatable bonds is 17. The summed E-state index contributed by atoms with van der Waals surface area (Å²) in [6.07, 6.45) is -0.684. The summed E-state index contributed by atoms with van der Waals surface area (Å²) in [5.74, 6) is -6.22. The number of nitrogens with zero attached hydrogens (tertiary/aromatic N) is 1. The van der Waals surface area contributed by atoms with Gasteiger partial charge in [-0.1, -0.05) is 0 Å². The summed E-state index contributed by atoms with van der Waals surface area (Å²) in [6, 6.07) is -5.38. The van der Waals surface area contributed by atoms with E-state index in [1.807, 2.05) is 0 Å². The molecule has 0 heterocycles. The van der Waals surface area contributed by atoms with Crippen molar-refractivity contribution in [2.45, 2.75) is 56.3 Å². The van der Waals surface area contributed by atoms with E-state index in [2.05, 4.69) is 33.6 Å². The highest BCUT2D eigenvalue weighted by atomic mass is 32.1. The van der Waals surface area contributed by atoms with E-state index in [9.17, 15) is 28.8 Å². The molecule has 4 atom stereocenters. The van der Waals surface area contributed by atoms with Crippen LogP contribution in [0.1, 0.15) is 32.1 Å². The molecule has 0 fully saturated rings. The zero-order chi connectivity index (χ0) is 27.1. The molecule has 0 saturated heterocycles. The number of hydrogen-bond acceptors (Lipinski definition) is 9. The number of carbonyl (C=O) groups excluding carboxylic acids is 5. The molecule has 198 valence electrons. The average molecular weight is 520 g/mol. The van der Waals surface area contributed by atoms with Crippen molar-refractivity contribution < 1.29 is 33.9 Å². The summed E-state index contributed by atoms with van der Waals surface area (Å²) >= 11 is 3.82. The number of nitrogens with two attached hydrogens (primary N) is 5. The second kappa shape index (κ2) is 16.1. The van der Waals surface area contributed by atoms with Crippen LogP contribution in [0.2, 0.25) is 0 Å². The quantitative estimate of drug-likeness (QED) is 0.0377. The highest BCUT2D eigenvalue weighted by Crippen LogP contribution is 2.04. The molecule has 0 aliphatic carbocycles. The Morgan fingerprint density at radius 2 is 1.34 bits per heavy atom. The highest BCUT2D eigenvalue weighted by Gasteiger charge is 2.31. The first-order valence-electron chi connectivity index (χ1n) is 10.4. The number of hydrogen-bond donors (Lipinski definition) is 10. The molecule has 16 nitrogen and oxygen atoms in total. The van der Waals surface area contributed by atoms with Crippen LogP contribution in [0.3, 0.4) is 0 Å². The van der Waals surface area contributed by atoms with Crippen LogP contribution in [0.5, 0.6) is 0 Å². The highest BCUT2D eigenvalue weighted by molar-refractivity contribution is 7.80. The van der Waals surface area contributed by atoms with E-state index in [-0.39, 0.29) is 37.5 Å². The summed E-state index contributed by atoms with van der Waals surface area (Å²) in [4.78, 5) is 75.2. The summed E-state index contributed by atoms with van der Waals surface area (Å²) in [6.45, 7) is 0.225. The lowest BCUT2D eigenvalue weighted by atomic mass is 10.1. The zero-order valence-electron chi connectivity index (χ0n) is 18.9. The minimum absolute atomic E-state index is 0.121. The molecule has 14 N–H and O–H groups in total. The van der Waals surface area contributed by atoms with E-state index in [4.69, 9.17) is 33.8 Å². The van der Waals surface area contributed by atoms with Crippen molar-refractivity contribution >= 4 is 54.1 Å². The molecule has 0 spiro atoms. The van der Waals surface area contributed by atoms with Crippen LogP contribution < -0.4 is 44.6 Å². The fraction of sp³-hybridized carbons (Fsp3) is 0.611. The number of carbonyl (C=O) groups is 6. The molecule has 0 aromatic carbocycles. The number of thiol groups is 1. The van der Waals surface area contributed by atoms with Gasteiger partial charge in [-0.3, -0.25) is 29.0 Å². The predicted molar refractivity (Wildman–Crippen MR) is 127 cm³/mol. The third-order valence-electron chi connectivity index (χ3n) is 4.45. The second-order valence-electron chi connectivity index (χ2n) is 7.44. The standard InChI is InChI=1S/C18H33N9O7S/c19-8(2-1-5-24-18(22)23)14(30)25-9(3-4-12(20)28)15(31)26-10(6-13(21)29)16(32)27-11(7-35)17(33)34/h8-11,35H,1-7,19H2,(H2,20,28)(H2,21,29)(H,25,30)(H,26,31)(H,27,32)(H,33,34)(H4,22,23,24). The van der Waals surface area contributed by atoms with Crippen molar-refractivity contribution in [2.24, 2.45) is 33.7 Å². The number of amides is 5. The van der Waals surface area contributed by atoms with Crippen molar-refractivity contribution in [1.82, 2.24) is 16.0 Å². The van der Waals surface area contributed by atoms with Crippen LogP contribution in [0.25, 0.3) is 0 Å². The minimum atomic E-state index is -1.57. The Labute approximate surface area is 206 Å². The molecule has 4 unspecified atom stereocenters. The van der Waals surface area contributed by atoms with Gasteiger partial charge in [0.2, 0.25) is 29.5 Å². The predicted octanol–water partition coefficient (Wildman–Crippen LogP) is -5.02. The van der Waals surface area contributed by atoms with E-state index in [0.717, 1.165) is 0 Å². The Bertz CT molecular complexity index is 820. The molecule has 0 rings (SSSR count). The van der Waals surface area contributed by atoms with Crippen molar-refractivity contribution in [1.29, 1.82) is 0 Å². The largest absolute Gasteiger partial charge is 0.480 e. The number of aliphatic imine (C=N–C) groups is 1. The maximum atomic E-state index is 12.8. The smallest absolute Gasteiger partial charge is 0.327 e. The van der Waals surface area contributed by atoms with Gasteiger partial charge in [-0.05, 0) is 19.3 Å². The van der Waals surface area contributed by atoms with Gasteiger partial charge in [-0.15, -0.1) is 0 Å². The number of aliphatic carboxylic acids is 1. The third-order valence-corrected chi connectivity index (χ3v) is 4.82. The Morgan fingerprint density at radius 3 is 1.83 bits per heavy atom. The Kier molecular flexibility index (Phi) is 14.4. The lowest BCUT2D eigenvalue weighted by Gasteiger charge is -2.24. The molecule has 5 amide bonds. The van der Waals surface area contributed by atoms with Crippen LogP contribution in [-0.2, 0) is 28.8 Å². The molecular weight excluding hydrogens is 486 g/mol. The van der Waals surface area contributed by atoms with Gasteiger partial charge in [-0.2, -0.15) is 12.6 Å². The molecule has 17 heteroatoms. The topological polar surface area (TPSA) is 301 Å². The monoisotopic (exact) mass is 519 g/mol. The van der Waals surface area contributed by atoms with Gasteiger partial charge in [0.05, 0.1) is 12.5 Å². The van der Waals surface area contributed by atoms with E-state index in [0.29, 0.717) is 6.42 Å². The third kappa shape index (κ3) is 13.6. The van der Waals surface area contributed by atoms with Gasteiger partial charge in [0.1, 0.15) is 18.1 Å². The fourth-order valence-electron chi connectivity index (χ4n) is 2.63. The number of guanidine groups is 1. The Balaban J connectivity index is 5.41. The molecule has 0 aliphatic heterocycles. The number of carboxylic acids is 1. The van der Waals surface area contributed by atoms with Gasteiger partial charge in [0.25, 0.3) is 0 Å². The first-order valence-corrected chi connectivity index (χ1v) is 11.0. The number of nitrogens with one attached hydrogen (secondary N) is 3. The maximum absolute atomic E-state index is 12.8. The van der Waals surface area contributed by atoms with Crippen molar-refractivity contribution in [3.8, 4) is 0 Å². The summed E-state index contributed by atoms with van der Waals surface area (Å²) in [7, 11) is 0. The van der Waals surface area contributed by atoms with E-state index >= 15 is 0 Å². The summed E-state index contributed by atoms with van der Waals surface area (Å²) in [5.41, 5.74) is 26.5. The van der Waals surface area contributed by atoms with Crippen LogP contribution in [0.4, 0.5) is 0 Å². The van der Waals surface area contributed by atoms with Crippen molar-refractivity contribution in [2.75, 3.05) is 12.3 Å². The molecule has 0 aromatic rings. The van der Waals surface area contributed by atoms with Crippen LogP contribution in [0, 0.1) is 0 Å². The molecule has 0 bridgehead atoms. The first-order chi connectivity index (χ1) is 16.3. The minimum Gasteiger partial charge on any atom is -0.480 e. The number of primary amides is 2. The molecule has 35 heavy (non-hydrogen) atoms. The van der Waals surface area contributed by atoms with Crippen LogP contribution in [-0.4, -0.2) is 83.0 Å². The van der Waals surface area contributed by atoms with Gasteiger partial charge >= 0.3 is 5.97 Å². The normalized spacial score (nSPS) is 13.9.